The van der Waals surface area contributed by atoms with Gasteiger partial charge in [0, 0.05) is 18.7 Å². The molecule has 0 aliphatic carbocycles. The molecule has 1 aliphatic rings. The lowest BCUT2D eigenvalue weighted by atomic mass is 10.1. The predicted molar refractivity (Wildman–Crippen MR) is 68.8 cm³/mol. The first-order valence-electron chi connectivity index (χ1n) is 6.32. The minimum atomic E-state index is 0.0225. The number of benzene rings is 1. The summed E-state index contributed by atoms with van der Waals surface area (Å²) < 4.78 is 5.56. The first-order valence-corrected chi connectivity index (χ1v) is 6.32. The Labute approximate surface area is 107 Å². The minimum Gasteiger partial charge on any atom is -0.508 e. The molecule has 0 aromatic heterocycles. The van der Waals surface area contributed by atoms with Gasteiger partial charge in [-0.3, -0.25) is 4.79 Å². The number of carbonyl (C=O) groups excluding carboxylic acids is 1. The molecule has 4 nitrogen and oxygen atoms in total. The van der Waals surface area contributed by atoms with Crippen molar-refractivity contribution in [1.29, 1.82) is 0 Å². The summed E-state index contributed by atoms with van der Waals surface area (Å²) in [5.74, 6) is 0.215. The van der Waals surface area contributed by atoms with Crippen LogP contribution in [0.2, 0.25) is 0 Å². The van der Waals surface area contributed by atoms with Gasteiger partial charge in [0.1, 0.15) is 5.75 Å². The van der Waals surface area contributed by atoms with Crippen LogP contribution in [0.3, 0.4) is 0 Å². The number of ether oxygens (including phenoxy) is 1. The molecule has 0 bridgehead atoms. The maximum absolute atomic E-state index is 12.4. The number of phenols is 1. The molecule has 18 heavy (non-hydrogen) atoms. The lowest BCUT2D eigenvalue weighted by molar-refractivity contribution is -0.0226. The smallest absolute Gasteiger partial charge is 0.254 e. The fourth-order valence-electron chi connectivity index (χ4n) is 2.21. The highest BCUT2D eigenvalue weighted by Gasteiger charge is 2.24. The average Bonchev–Trinajstić information content (AvgIpc) is 2.38. The van der Waals surface area contributed by atoms with E-state index in [1.807, 2.05) is 11.8 Å². The molecule has 1 saturated heterocycles. The standard InChI is InChI=1S/C14H19NO3/c1-3-12-9-15(6-7-18-12)14(17)13-5-4-11(16)8-10(13)2/h4-5,8,12,16H,3,6-7,9H2,1-2H3. The maximum Gasteiger partial charge on any atom is 0.254 e. The fraction of sp³-hybridized carbons (Fsp3) is 0.500. The van der Waals surface area contributed by atoms with Gasteiger partial charge in [0.25, 0.3) is 5.91 Å². The summed E-state index contributed by atoms with van der Waals surface area (Å²) in [6.07, 6.45) is 1.05. The van der Waals surface area contributed by atoms with Gasteiger partial charge in [-0.2, -0.15) is 0 Å². The number of aromatic hydroxyl groups is 1. The van der Waals surface area contributed by atoms with Crippen LogP contribution in [-0.2, 0) is 4.74 Å². The largest absolute Gasteiger partial charge is 0.508 e. The molecule has 4 heteroatoms. The SMILES string of the molecule is CCC1CN(C(=O)c2ccc(O)cc2C)CCO1. The van der Waals surface area contributed by atoms with Gasteiger partial charge < -0.3 is 14.7 Å². The third-order valence-corrected chi connectivity index (χ3v) is 3.32. The van der Waals surface area contributed by atoms with Crippen molar-refractivity contribution in [1.82, 2.24) is 4.90 Å². The summed E-state index contributed by atoms with van der Waals surface area (Å²) >= 11 is 0. The molecule has 1 aromatic carbocycles. The van der Waals surface area contributed by atoms with Crippen LogP contribution in [0.25, 0.3) is 0 Å². The zero-order valence-corrected chi connectivity index (χ0v) is 10.8. The quantitative estimate of drug-likeness (QED) is 0.871. The second-order valence-electron chi connectivity index (χ2n) is 4.65. The second-order valence-corrected chi connectivity index (χ2v) is 4.65. The third kappa shape index (κ3) is 2.64. The zero-order chi connectivity index (χ0) is 13.1. The molecule has 1 heterocycles. The van der Waals surface area contributed by atoms with Crippen molar-refractivity contribution in [2.45, 2.75) is 26.4 Å². The van der Waals surface area contributed by atoms with Gasteiger partial charge in [0.2, 0.25) is 0 Å². The summed E-state index contributed by atoms with van der Waals surface area (Å²) in [5.41, 5.74) is 1.46. The molecule has 1 atom stereocenters. The van der Waals surface area contributed by atoms with E-state index >= 15 is 0 Å². The molecule has 1 aromatic rings. The van der Waals surface area contributed by atoms with Crippen LogP contribution < -0.4 is 0 Å². The molecule has 98 valence electrons. The Morgan fingerprint density at radius 1 is 1.56 bits per heavy atom. The molecule has 1 aliphatic heterocycles. The third-order valence-electron chi connectivity index (χ3n) is 3.32. The van der Waals surface area contributed by atoms with Crippen LogP contribution >= 0.6 is 0 Å². The van der Waals surface area contributed by atoms with Crippen molar-refractivity contribution in [2.24, 2.45) is 0 Å². The summed E-state index contributed by atoms with van der Waals surface area (Å²) in [5, 5.41) is 9.36. The highest BCUT2D eigenvalue weighted by atomic mass is 16.5. The van der Waals surface area contributed by atoms with Gasteiger partial charge in [-0.1, -0.05) is 6.92 Å². The van der Waals surface area contributed by atoms with Crippen molar-refractivity contribution in [3.8, 4) is 5.75 Å². The van der Waals surface area contributed by atoms with Crippen LogP contribution in [-0.4, -0.2) is 41.7 Å². The Hall–Kier alpha value is -1.55. The van der Waals surface area contributed by atoms with E-state index in [9.17, 15) is 9.90 Å². The number of carbonyl (C=O) groups is 1. The number of phenolic OH excluding ortho intramolecular Hbond substituents is 1. The van der Waals surface area contributed by atoms with E-state index in [0.717, 1.165) is 12.0 Å². The van der Waals surface area contributed by atoms with Crippen molar-refractivity contribution in [2.75, 3.05) is 19.7 Å². The van der Waals surface area contributed by atoms with Crippen molar-refractivity contribution in [3.05, 3.63) is 29.3 Å². The number of hydrogen-bond donors (Lipinski definition) is 1. The summed E-state index contributed by atoms with van der Waals surface area (Å²) in [6, 6.07) is 4.85. The van der Waals surface area contributed by atoms with Crippen molar-refractivity contribution in [3.63, 3.8) is 0 Å². The first-order chi connectivity index (χ1) is 8.61. The maximum atomic E-state index is 12.4. The lowest BCUT2D eigenvalue weighted by Crippen LogP contribution is -2.45. The van der Waals surface area contributed by atoms with E-state index < -0.39 is 0 Å². The summed E-state index contributed by atoms with van der Waals surface area (Å²) in [4.78, 5) is 14.2. The number of aryl methyl sites for hydroxylation is 1. The van der Waals surface area contributed by atoms with Crippen molar-refractivity contribution < 1.29 is 14.6 Å². The number of rotatable bonds is 2. The van der Waals surface area contributed by atoms with E-state index in [4.69, 9.17) is 4.74 Å². The van der Waals surface area contributed by atoms with Crippen molar-refractivity contribution >= 4 is 5.91 Å². The molecular weight excluding hydrogens is 230 g/mol. The van der Waals surface area contributed by atoms with Crippen LogP contribution in [0.5, 0.6) is 5.75 Å². The zero-order valence-electron chi connectivity index (χ0n) is 10.8. The van der Waals surface area contributed by atoms with Crippen LogP contribution in [0.1, 0.15) is 29.3 Å². The fourth-order valence-corrected chi connectivity index (χ4v) is 2.21. The van der Waals surface area contributed by atoms with Crippen LogP contribution in [0, 0.1) is 6.92 Å². The summed E-state index contributed by atoms with van der Waals surface area (Å²) in [6.45, 7) is 5.78. The molecule has 1 fully saturated rings. The van der Waals surface area contributed by atoms with Gasteiger partial charge in [0.05, 0.1) is 12.7 Å². The summed E-state index contributed by atoms with van der Waals surface area (Å²) in [7, 11) is 0. The topological polar surface area (TPSA) is 49.8 Å². The van der Waals surface area contributed by atoms with Gasteiger partial charge >= 0.3 is 0 Å². The normalized spacial score (nSPS) is 19.9. The number of nitrogens with zero attached hydrogens (tertiary/aromatic N) is 1. The molecule has 0 spiro atoms. The van der Waals surface area contributed by atoms with Crippen LogP contribution in [0.15, 0.2) is 18.2 Å². The van der Waals surface area contributed by atoms with Gasteiger partial charge in [-0.05, 0) is 37.1 Å². The molecular formula is C14H19NO3. The van der Waals surface area contributed by atoms with E-state index in [2.05, 4.69) is 6.92 Å². The molecule has 2 rings (SSSR count). The lowest BCUT2D eigenvalue weighted by Gasteiger charge is -2.32. The highest BCUT2D eigenvalue weighted by molar-refractivity contribution is 5.95. The molecule has 1 unspecified atom stereocenters. The predicted octanol–water partition coefficient (Wildman–Crippen LogP) is 1.95. The first kappa shape index (κ1) is 12.9. The molecule has 1 N–H and O–H groups in total. The van der Waals surface area contributed by atoms with Crippen LogP contribution in [0.4, 0.5) is 0 Å². The van der Waals surface area contributed by atoms with E-state index in [-0.39, 0.29) is 17.8 Å². The Bertz CT molecular complexity index is 445. The molecule has 1 amide bonds. The highest BCUT2D eigenvalue weighted by Crippen LogP contribution is 2.19. The van der Waals surface area contributed by atoms with Gasteiger partial charge in [-0.25, -0.2) is 0 Å². The number of morpholine rings is 1. The average molecular weight is 249 g/mol. The van der Waals surface area contributed by atoms with E-state index in [0.29, 0.717) is 25.3 Å². The van der Waals surface area contributed by atoms with Gasteiger partial charge in [0.15, 0.2) is 0 Å². The Morgan fingerprint density at radius 3 is 3.00 bits per heavy atom. The van der Waals surface area contributed by atoms with E-state index in [1.54, 1.807) is 18.2 Å². The Kier molecular flexibility index (Phi) is 3.87. The van der Waals surface area contributed by atoms with E-state index in [1.165, 1.54) is 0 Å². The Morgan fingerprint density at radius 2 is 2.33 bits per heavy atom. The van der Waals surface area contributed by atoms with Gasteiger partial charge in [-0.15, -0.1) is 0 Å². The Balaban J connectivity index is 2.15. The monoisotopic (exact) mass is 249 g/mol. The minimum absolute atomic E-state index is 0.0225. The number of amides is 1. The second kappa shape index (κ2) is 5.40. The number of hydrogen-bond acceptors (Lipinski definition) is 3. The molecule has 0 radical (unpaired) electrons. The molecule has 0 saturated carbocycles.